The van der Waals surface area contributed by atoms with Gasteiger partial charge in [0, 0.05) is 6.07 Å². The third kappa shape index (κ3) is 2.16. The standard InChI is InChI=1S/C10H9N7O2.CH4/c1-19-9-4-8(11-6-12-9)17-10(18)7(5-14-17)16-3-2-13-15-16;/h2-6,14H,1H3;1H4. The monoisotopic (exact) mass is 275 g/mol. The summed E-state index contributed by atoms with van der Waals surface area (Å²) in [5.74, 6) is 0.747. The molecule has 0 unspecified atom stereocenters. The molecule has 0 fully saturated rings. The molecular weight excluding hydrogens is 262 g/mol. The van der Waals surface area contributed by atoms with Gasteiger partial charge in [-0.05, 0) is 0 Å². The van der Waals surface area contributed by atoms with Crippen LogP contribution in [-0.4, -0.2) is 41.9 Å². The quantitative estimate of drug-likeness (QED) is 0.731. The van der Waals surface area contributed by atoms with Gasteiger partial charge in [-0.2, -0.15) is 4.68 Å². The number of H-pyrrole nitrogens is 1. The lowest BCUT2D eigenvalue weighted by Crippen LogP contribution is -2.19. The van der Waals surface area contributed by atoms with Crippen molar-refractivity contribution < 1.29 is 4.74 Å². The molecule has 0 aliphatic rings. The second-order valence-corrected chi connectivity index (χ2v) is 3.57. The number of ether oxygens (including phenoxy) is 1. The molecule has 1 N–H and O–H groups in total. The van der Waals surface area contributed by atoms with E-state index in [1.165, 1.54) is 35.2 Å². The third-order valence-electron chi connectivity index (χ3n) is 2.49. The zero-order valence-electron chi connectivity index (χ0n) is 9.89. The van der Waals surface area contributed by atoms with Crippen molar-refractivity contribution >= 4 is 0 Å². The highest BCUT2D eigenvalue weighted by Gasteiger charge is 2.11. The van der Waals surface area contributed by atoms with Crippen molar-refractivity contribution in [3.8, 4) is 17.4 Å². The highest BCUT2D eigenvalue weighted by Crippen LogP contribution is 2.08. The van der Waals surface area contributed by atoms with Gasteiger partial charge < -0.3 is 4.74 Å². The number of nitrogens with one attached hydrogen (secondary N) is 1. The molecule has 0 aromatic carbocycles. The number of aromatic nitrogens is 7. The van der Waals surface area contributed by atoms with Crippen LogP contribution in [-0.2, 0) is 0 Å². The van der Waals surface area contributed by atoms with E-state index < -0.39 is 0 Å². The Morgan fingerprint density at radius 3 is 2.90 bits per heavy atom. The molecule has 0 atom stereocenters. The summed E-state index contributed by atoms with van der Waals surface area (Å²) < 4.78 is 7.62. The van der Waals surface area contributed by atoms with Gasteiger partial charge >= 0.3 is 0 Å². The number of aromatic amines is 1. The van der Waals surface area contributed by atoms with Crippen LogP contribution in [0.5, 0.6) is 5.88 Å². The predicted molar refractivity (Wildman–Crippen MR) is 70.2 cm³/mol. The van der Waals surface area contributed by atoms with Crippen molar-refractivity contribution in [2.24, 2.45) is 0 Å². The van der Waals surface area contributed by atoms with E-state index in [9.17, 15) is 4.79 Å². The maximum Gasteiger partial charge on any atom is 0.298 e. The third-order valence-corrected chi connectivity index (χ3v) is 2.49. The second-order valence-electron chi connectivity index (χ2n) is 3.57. The molecule has 9 heteroatoms. The average molecular weight is 275 g/mol. The minimum Gasteiger partial charge on any atom is -0.481 e. The van der Waals surface area contributed by atoms with Crippen LogP contribution in [0, 0.1) is 0 Å². The van der Waals surface area contributed by atoms with Crippen molar-refractivity contribution in [3.63, 3.8) is 0 Å². The van der Waals surface area contributed by atoms with Crippen LogP contribution in [0.3, 0.4) is 0 Å². The maximum absolute atomic E-state index is 12.2. The number of rotatable bonds is 3. The van der Waals surface area contributed by atoms with Gasteiger partial charge in [0.2, 0.25) is 5.88 Å². The van der Waals surface area contributed by atoms with Crippen LogP contribution in [0.15, 0.2) is 35.8 Å². The normalized spacial score (nSPS) is 10.1. The lowest BCUT2D eigenvalue weighted by Gasteiger charge is -2.01. The van der Waals surface area contributed by atoms with Gasteiger partial charge in [-0.3, -0.25) is 9.89 Å². The molecule has 3 aromatic rings. The number of methoxy groups -OCH3 is 1. The Labute approximate surface area is 113 Å². The summed E-state index contributed by atoms with van der Waals surface area (Å²) in [6.07, 6.45) is 5.90. The minimum absolute atomic E-state index is 0. The van der Waals surface area contributed by atoms with E-state index in [1.54, 1.807) is 12.3 Å². The van der Waals surface area contributed by atoms with Crippen LogP contribution in [0.25, 0.3) is 11.5 Å². The van der Waals surface area contributed by atoms with Crippen molar-refractivity contribution in [1.82, 2.24) is 34.7 Å². The molecule has 3 rings (SSSR count). The van der Waals surface area contributed by atoms with E-state index in [0.29, 0.717) is 17.4 Å². The molecule has 9 nitrogen and oxygen atoms in total. The first-order valence-electron chi connectivity index (χ1n) is 5.33. The Hall–Kier alpha value is -2.97. The largest absolute Gasteiger partial charge is 0.481 e. The van der Waals surface area contributed by atoms with E-state index in [2.05, 4.69) is 25.4 Å². The van der Waals surface area contributed by atoms with Gasteiger partial charge in [0.25, 0.3) is 5.56 Å². The smallest absolute Gasteiger partial charge is 0.298 e. The second kappa shape index (κ2) is 5.34. The fourth-order valence-electron chi connectivity index (χ4n) is 1.60. The summed E-state index contributed by atoms with van der Waals surface area (Å²) in [7, 11) is 1.49. The Kier molecular flexibility index (Phi) is 3.60. The molecule has 0 saturated heterocycles. The van der Waals surface area contributed by atoms with Crippen molar-refractivity contribution in [2.75, 3.05) is 7.11 Å². The minimum atomic E-state index is -0.300. The fraction of sp³-hybridized carbons (Fsp3) is 0.182. The highest BCUT2D eigenvalue weighted by atomic mass is 16.5. The maximum atomic E-state index is 12.2. The first kappa shape index (κ1) is 13.5. The lowest BCUT2D eigenvalue weighted by atomic mass is 10.5. The van der Waals surface area contributed by atoms with Gasteiger partial charge in [0.15, 0.2) is 11.5 Å². The van der Waals surface area contributed by atoms with Gasteiger partial charge in [0.05, 0.1) is 25.7 Å². The van der Waals surface area contributed by atoms with Crippen molar-refractivity contribution in [1.29, 1.82) is 0 Å². The summed E-state index contributed by atoms with van der Waals surface area (Å²) in [6.45, 7) is 0. The molecular formula is C11H13N7O2. The summed E-state index contributed by atoms with van der Waals surface area (Å²) >= 11 is 0. The van der Waals surface area contributed by atoms with Crippen LogP contribution in [0.2, 0.25) is 0 Å². The van der Waals surface area contributed by atoms with Crippen LogP contribution < -0.4 is 10.3 Å². The fourth-order valence-corrected chi connectivity index (χ4v) is 1.60. The van der Waals surface area contributed by atoms with E-state index in [0.717, 1.165) is 0 Å². The van der Waals surface area contributed by atoms with Crippen LogP contribution >= 0.6 is 0 Å². The molecule has 0 aliphatic carbocycles. The van der Waals surface area contributed by atoms with Crippen molar-refractivity contribution in [3.05, 3.63) is 41.3 Å². The summed E-state index contributed by atoms with van der Waals surface area (Å²) in [4.78, 5) is 20.1. The molecule has 0 saturated carbocycles. The molecule has 0 aliphatic heterocycles. The first-order chi connectivity index (χ1) is 9.29. The van der Waals surface area contributed by atoms with Gasteiger partial charge in [-0.15, -0.1) is 5.10 Å². The van der Waals surface area contributed by atoms with E-state index >= 15 is 0 Å². The van der Waals surface area contributed by atoms with Crippen molar-refractivity contribution in [2.45, 2.75) is 7.43 Å². The summed E-state index contributed by atoms with van der Waals surface area (Å²) in [5.41, 5.74) is 0.0429. The number of hydrogen-bond acceptors (Lipinski definition) is 6. The number of nitrogens with zero attached hydrogens (tertiary/aromatic N) is 6. The van der Waals surface area contributed by atoms with E-state index in [1.807, 2.05) is 0 Å². The predicted octanol–water partition coefficient (Wildman–Crippen LogP) is 0.181. The van der Waals surface area contributed by atoms with E-state index in [-0.39, 0.29) is 13.0 Å². The van der Waals surface area contributed by atoms with Gasteiger partial charge in [-0.1, -0.05) is 12.6 Å². The molecule has 104 valence electrons. The summed E-state index contributed by atoms with van der Waals surface area (Å²) in [6, 6.07) is 1.54. The first-order valence-corrected chi connectivity index (χ1v) is 5.33. The Morgan fingerprint density at radius 1 is 1.35 bits per heavy atom. The highest BCUT2D eigenvalue weighted by molar-refractivity contribution is 5.31. The molecule has 3 heterocycles. The zero-order valence-corrected chi connectivity index (χ0v) is 9.89. The Bertz CT molecular complexity index is 744. The van der Waals surface area contributed by atoms with Crippen LogP contribution in [0.1, 0.15) is 7.43 Å². The molecule has 0 bridgehead atoms. The molecule has 20 heavy (non-hydrogen) atoms. The SMILES string of the molecule is C.COc1cc(-n2[nH]cc(-n3ccnn3)c2=O)ncn1. The average Bonchev–Trinajstić information content (AvgIpc) is 3.08. The summed E-state index contributed by atoms with van der Waals surface area (Å²) in [5, 5.41) is 10.2. The molecule has 0 radical (unpaired) electrons. The van der Waals surface area contributed by atoms with Gasteiger partial charge in [0.1, 0.15) is 6.33 Å². The Balaban J connectivity index is 0.00000147. The molecule has 3 aromatic heterocycles. The molecule has 0 amide bonds. The van der Waals surface area contributed by atoms with E-state index in [4.69, 9.17) is 4.74 Å². The topological polar surface area (TPSA) is 104 Å². The zero-order chi connectivity index (χ0) is 13.2. The Morgan fingerprint density at radius 2 is 2.20 bits per heavy atom. The number of hydrogen-bond donors (Lipinski definition) is 1. The van der Waals surface area contributed by atoms with Crippen LogP contribution in [0.4, 0.5) is 0 Å². The lowest BCUT2D eigenvalue weighted by molar-refractivity contribution is 0.396. The van der Waals surface area contributed by atoms with Gasteiger partial charge in [-0.25, -0.2) is 14.6 Å². The molecule has 0 spiro atoms.